The van der Waals surface area contributed by atoms with Crippen LogP contribution in [-0.4, -0.2) is 27.0 Å². The molecule has 0 aliphatic carbocycles. The molecule has 8 nitrogen and oxygen atoms in total. The maximum Gasteiger partial charge on any atom is 0.313 e. The van der Waals surface area contributed by atoms with Crippen molar-refractivity contribution in [1.29, 1.82) is 5.26 Å². The molecule has 1 aromatic heterocycles. The lowest BCUT2D eigenvalue weighted by atomic mass is 10.1. The van der Waals surface area contributed by atoms with Crippen LogP contribution in [0.25, 0.3) is 5.69 Å². The first kappa shape index (κ1) is 15.4. The standard InChI is InChI=1S/C14H15N5O3/c1-3-4-5-12-11(9-15)16-17-18(12)10-6-7-14(22-2)13(8-10)19(20)21/h6-8H,3-5H2,1-2H3. The Morgan fingerprint density at radius 1 is 1.50 bits per heavy atom. The molecule has 0 N–H and O–H groups in total. The molecule has 0 fully saturated rings. The Morgan fingerprint density at radius 2 is 2.27 bits per heavy atom. The van der Waals surface area contributed by atoms with Gasteiger partial charge in [-0.2, -0.15) is 5.26 Å². The molecular formula is C14H15N5O3. The zero-order valence-electron chi connectivity index (χ0n) is 12.3. The van der Waals surface area contributed by atoms with Crippen molar-refractivity contribution in [2.24, 2.45) is 0 Å². The molecule has 0 atom stereocenters. The van der Waals surface area contributed by atoms with Crippen molar-refractivity contribution in [1.82, 2.24) is 15.0 Å². The van der Waals surface area contributed by atoms with Gasteiger partial charge >= 0.3 is 5.69 Å². The average Bonchev–Trinajstić information content (AvgIpc) is 2.94. The van der Waals surface area contributed by atoms with E-state index in [9.17, 15) is 10.1 Å². The van der Waals surface area contributed by atoms with E-state index in [0.29, 0.717) is 17.8 Å². The topological polar surface area (TPSA) is 107 Å². The quantitative estimate of drug-likeness (QED) is 0.599. The molecule has 0 bridgehead atoms. The summed E-state index contributed by atoms with van der Waals surface area (Å²) in [5.41, 5.74) is 1.22. The van der Waals surface area contributed by atoms with E-state index in [0.717, 1.165) is 12.8 Å². The van der Waals surface area contributed by atoms with Gasteiger partial charge in [-0.1, -0.05) is 18.6 Å². The summed E-state index contributed by atoms with van der Waals surface area (Å²) in [6.07, 6.45) is 2.46. The van der Waals surface area contributed by atoms with Gasteiger partial charge in [0, 0.05) is 6.07 Å². The number of benzene rings is 1. The van der Waals surface area contributed by atoms with E-state index in [1.165, 1.54) is 23.9 Å². The summed E-state index contributed by atoms with van der Waals surface area (Å²) in [6, 6.07) is 6.52. The van der Waals surface area contributed by atoms with E-state index in [1.807, 2.05) is 13.0 Å². The Bertz CT molecular complexity index is 733. The van der Waals surface area contributed by atoms with E-state index in [1.54, 1.807) is 6.07 Å². The van der Waals surface area contributed by atoms with Crippen molar-refractivity contribution in [3.05, 3.63) is 39.7 Å². The molecule has 0 spiro atoms. The van der Waals surface area contributed by atoms with Crippen LogP contribution in [0.2, 0.25) is 0 Å². The summed E-state index contributed by atoms with van der Waals surface area (Å²) >= 11 is 0. The number of hydrogen-bond donors (Lipinski definition) is 0. The van der Waals surface area contributed by atoms with Crippen LogP contribution >= 0.6 is 0 Å². The van der Waals surface area contributed by atoms with Crippen LogP contribution in [0, 0.1) is 21.4 Å². The van der Waals surface area contributed by atoms with E-state index in [-0.39, 0.29) is 17.1 Å². The van der Waals surface area contributed by atoms with Crippen LogP contribution in [0.5, 0.6) is 5.75 Å². The SMILES string of the molecule is CCCCc1c(C#N)nnn1-c1ccc(OC)c([N+](=O)[O-])c1. The van der Waals surface area contributed by atoms with Crippen LogP contribution in [0.4, 0.5) is 5.69 Å². The molecular weight excluding hydrogens is 286 g/mol. The van der Waals surface area contributed by atoms with Gasteiger partial charge in [0.1, 0.15) is 6.07 Å². The smallest absolute Gasteiger partial charge is 0.313 e. The fraction of sp³-hybridized carbons (Fsp3) is 0.357. The van der Waals surface area contributed by atoms with Crippen molar-refractivity contribution in [2.75, 3.05) is 7.11 Å². The Balaban J connectivity index is 2.52. The number of rotatable bonds is 6. The van der Waals surface area contributed by atoms with Crippen LogP contribution < -0.4 is 4.74 Å². The van der Waals surface area contributed by atoms with Gasteiger partial charge in [-0.25, -0.2) is 4.68 Å². The highest BCUT2D eigenvalue weighted by molar-refractivity contribution is 5.54. The predicted molar refractivity (Wildman–Crippen MR) is 77.9 cm³/mol. The number of nitro benzene ring substituents is 1. The van der Waals surface area contributed by atoms with E-state index >= 15 is 0 Å². The third-order valence-corrected chi connectivity index (χ3v) is 3.24. The summed E-state index contributed by atoms with van der Waals surface area (Å²) < 4.78 is 6.45. The van der Waals surface area contributed by atoms with Crippen LogP contribution in [0.3, 0.4) is 0 Å². The first-order valence-corrected chi connectivity index (χ1v) is 6.79. The Kier molecular flexibility index (Phi) is 4.68. The highest BCUT2D eigenvalue weighted by Crippen LogP contribution is 2.29. The minimum Gasteiger partial charge on any atom is -0.490 e. The van der Waals surface area contributed by atoms with Crippen LogP contribution in [0.1, 0.15) is 31.2 Å². The molecule has 8 heteroatoms. The molecule has 22 heavy (non-hydrogen) atoms. The number of methoxy groups -OCH3 is 1. The predicted octanol–water partition coefficient (Wildman–Crippen LogP) is 2.40. The number of ether oxygens (including phenoxy) is 1. The first-order chi connectivity index (χ1) is 10.6. The summed E-state index contributed by atoms with van der Waals surface area (Å²) in [7, 11) is 1.37. The molecule has 1 heterocycles. The number of unbranched alkanes of at least 4 members (excludes halogenated alkanes) is 1. The van der Waals surface area contributed by atoms with Gasteiger partial charge in [0.2, 0.25) is 0 Å². The average molecular weight is 301 g/mol. The monoisotopic (exact) mass is 301 g/mol. The van der Waals surface area contributed by atoms with Crippen molar-refractivity contribution < 1.29 is 9.66 Å². The molecule has 114 valence electrons. The molecule has 0 unspecified atom stereocenters. The molecule has 2 aromatic rings. The number of nitriles is 1. The Labute approximate surface area is 127 Å². The van der Waals surface area contributed by atoms with Crippen LogP contribution in [0.15, 0.2) is 18.2 Å². The third kappa shape index (κ3) is 2.88. The van der Waals surface area contributed by atoms with Crippen molar-refractivity contribution in [2.45, 2.75) is 26.2 Å². The molecule has 0 aliphatic heterocycles. The summed E-state index contributed by atoms with van der Waals surface area (Å²) in [6.45, 7) is 2.04. The van der Waals surface area contributed by atoms with Crippen LogP contribution in [-0.2, 0) is 6.42 Å². The molecule has 0 aliphatic rings. The van der Waals surface area contributed by atoms with Crippen molar-refractivity contribution in [3.8, 4) is 17.5 Å². The zero-order valence-corrected chi connectivity index (χ0v) is 12.3. The van der Waals surface area contributed by atoms with Gasteiger partial charge in [-0.15, -0.1) is 5.10 Å². The Hall–Kier alpha value is -2.95. The van der Waals surface area contributed by atoms with Gasteiger partial charge < -0.3 is 4.74 Å². The normalized spacial score (nSPS) is 10.2. The van der Waals surface area contributed by atoms with Crippen molar-refractivity contribution in [3.63, 3.8) is 0 Å². The molecule has 0 amide bonds. The molecule has 1 aromatic carbocycles. The molecule has 0 saturated heterocycles. The lowest BCUT2D eigenvalue weighted by Gasteiger charge is -2.08. The minimum atomic E-state index is -0.518. The van der Waals surface area contributed by atoms with E-state index in [2.05, 4.69) is 10.3 Å². The van der Waals surface area contributed by atoms with Gasteiger partial charge in [-0.05, 0) is 25.0 Å². The number of nitrogens with zero attached hydrogens (tertiary/aromatic N) is 5. The second-order valence-corrected chi connectivity index (χ2v) is 4.63. The van der Waals surface area contributed by atoms with E-state index < -0.39 is 4.92 Å². The summed E-state index contributed by atoms with van der Waals surface area (Å²) in [5.74, 6) is 0.171. The Morgan fingerprint density at radius 3 is 2.86 bits per heavy atom. The maximum atomic E-state index is 11.1. The van der Waals surface area contributed by atoms with E-state index in [4.69, 9.17) is 10.00 Å². The first-order valence-electron chi connectivity index (χ1n) is 6.79. The largest absolute Gasteiger partial charge is 0.490 e. The van der Waals surface area contributed by atoms with Gasteiger partial charge in [-0.3, -0.25) is 10.1 Å². The second kappa shape index (κ2) is 6.67. The zero-order chi connectivity index (χ0) is 16.1. The summed E-state index contributed by atoms with van der Waals surface area (Å²) in [5, 5.41) is 28.0. The minimum absolute atomic E-state index is 0.157. The fourth-order valence-electron chi connectivity index (χ4n) is 2.12. The fourth-order valence-corrected chi connectivity index (χ4v) is 2.12. The van der Waals surface area contributed by atoms with Gasteiger partial charge in [0.05, 0.1) is 23.4 Å². The number of hydrogen-bond acceptors (Lipinski definition) is 6. The molecule has 0 radical (unpaired) electrons. The summed E-state index contributed by atoms with van der Waals surface area (Å²) in [4.78, 5) is 10.6. The highest BCUT2D eigenvalue weighted by atomic mass is 16.6. The second-order valence-electron chi connectivity index (χ2n) is 4.63. The molecule has 2 rings (SSSR count). The lowest BCUT2D eigenvalue weighted by Crippen LogP contribution is -2.05. The number of nitro groups is 1. The maximum absolute atomic E-state index is 11.1. The van der Waals surface area contributed by atoms with Crippen molar-refractivity contribution >= 4 is 5.69 Å². The molecule has 0 saturated carbocycles. The lowest BCUT2D eigenvalue weighted by molar-refractivity contribution is -0.385. The van der Waals surface area contributed by atoms with Gasteiger partial charge in [0.15, 0.2) is 11.4 Å². The van der Waals surface area contributed by atoms with Gasteiger partial charge in [0.25, 0.3) is 0 Å². The number of aromatic nitrogens is 3. The highest BCUT2D eigenvalue weighted by Gasteiger charge is 2.19. The third-order valence-electron chi connectivity index (χ3n) is 3.24.